The number of halogens is 1. The molecule has 0 saturated carbocycles. The number of hydrogen-bond donors (Lipinski definition) is 1. The van der Waals surface area contributed by atoms with Crippen molar-refractivity contribution < 1.29 is 5.11 Å². The lowest BCUT2D eigenvalue weighted by Gasteiger charge is -2.14. The highest BCUT2D eigenvalue weighted by Crippen LogP contribution is 2.10. The molecule has 0 aromatic carbocycles. The molecule has 0 radical (unpaired) electrons. The molecule has 4 heteroatoms. The fourth-order valence-corrected chi connectivity index (χ4v) is 1.02. The van der Waals surface area contributed by atoms with Crippen LogP contribution < -0.4 is 0 Å². The summed E-state index contributed by atoms with van der Waals surface area (Å²) in [6, 6.07) is 0. The van der Waals surface area contributed by atoms with Gasteiger partial charge in [0.1, 0.15) is 5.82 Å². The topological polar surface area (TPSA) is 46.0 Å². The Morgan fingerprint density at radius 3 is 2.33 bits per heavy atom. The van der Waals surface area contributed by atoms with Crippen LogP contribution in [0, 0.1) is 0 Å². The van der Waals surface area contributed by atoms with E-state index in [4.69, 9.17) is 0 Å². The molecule has 0 saturated heterocycles. The van der Waals surface area contributed by atoms with Gasteiger partial charge >= 0.3 is 0 Å². The van der Waals surface area contributed by atoms with Crippen molar-refractivity contribution in [3.05, 3.63) is 22.7 Å². The van der Waals surface area contributed by atoms with E-state index in [1.807, 2.05) is 0 Å². The van der Waals surface area contributed by atoms with E-state index in [0.717, 1.165) is 4.47 Å². The molecule has 1 aromatic heterocycles. The fourth-order valence-electron chi connectivity index (χ4n) is 0.817. The van der Waals surface area contributed by atoms with E-state index in [-0.39, 0.29) is 0 Å². The average molecular weight is 231 g/mol. The predicted octanol–water partition coefficient (Wildman–Crippen LogP) is 1.55. The second kappa shape index (κ2) is 3.49. The number of nitrogens with zero attached hydrogens (tertiary/aromatic N) is 2. The summed E-state index contributed by atoms with van der Waals surface area (Å²) in [6.45, 7) is 3.47. The summed E-state index contributed by atoms with van der Waals surface area (Å²) < 4.78 is 0.849. The zero-order valence-corrected chi connectivity index (χ0v) is 8.67. The average Bonchev–Trinajstić information content (AvgIpc) is 1.91. The lowest BCUT2D eigenvalue weighted by Crippen LogP contribution is -2.23. The first-order valence-corrected chi connectivity index (χ1v) is 4.45. The minimum absolute atomic E-state index is 0.472. The van der Waals surface area contributed by atoms with Crippen LogP contribution in [0.2, 0.25) is 0 Å². The Bertz CT molecular complexity index is 253. The summed E-state index contributed by atoms with van der Waals surface area (Å²) in [5.74, 6) is 0.658. The van der Waals surface area contributed by atoms with Crippen LogP contribution in [-0.4, -0.2) is 20.7 Å². The van der Waals surface area contributed by atoms with Gasteiger partial charge < -0.3 is 5.11 Å². The van der Waals surface area contributed by atoms with E-state index < -0.39 is 5.60 Å². The van der Waals surface area contributed by atoms with Gasteiger partial charge in [0.05, 0.1) is 10.1 Å². The molecule has 1 heterocycles. The van der Waals surface area contributed by atoms with Crippen molar-refractivity contribution in [3.63, 3.8) is 0 Å². The molecule has 0 aliphatic rings. The Kier molecular flexibility index (Phi) is 2.80. The van der Waals surface area contributed by atoms with Gasteiger partial charge in [-0.3, -0.25) is 0 Å². The van der Waals surface area contributed by atoms with Crippen LogP contribution in [0.1, 0.15) is 19.7 Å². The Balaban J connectivity index is 2.71. The Hall–Kier alpha value is -0.480. The zero-order valence-electron chi connectivity index (χ0n) is 7.08. The van der Waals surface area contributed by atoms with E-state index in [1.54, 1.807) is 26.2 Å². The van der Waals surface area contributed by atoms with Crippen LogP contribution in [0.4, 0.5) is 0 Å². The maximum Gasteiger partial charge on any atom is 0.131 e. The Labute approximate surface area is 80.0 Å². The van der Waals surface area contributed by atoms with Crippen molar-refractivity contribution in [1.29, 1.82) is 0 Å². The lowest BCUT2D eigenvalue weighted by molar-refractivity contribution is 0.0788. The third-order valence-electron chi connectivity index (χ3n) is 1.26. The smallest absolute Gasteiger partial charge is 0.131 e. The molecule has 12 heavy (non-hydrogen) atoms. The summed E-state index contributed by atoms with van der Waals surface area (Å²) in [5, 5.41) is 9.45. The van der Waals surface area contributed by atoms with E-state index in [0.29, 0.717) is 12.2 Å². The minimum Gasteiger partial charge on any atom is -0.390 e. The van der Waals surface area contributed by atoms with Gasteiger partial charge in [0.2, 0.25) is 0 Å². The monoisotopic (exact) mass is 230 g/mol. The molecule has 1 aromatic rings. The molecule has 0 aliphatic carbocycles. The number of hydrogen-bond acceptors (Lipinski definition) is 3. The Morgan fingerprint density at radius 2 is 1.92 bits per heavy atom. The van der Waals surface area contributed by atoms with Crippen LogP contribution in [0.5, 0.6) is 0 Å². The minimum atomic E-state index is -0.742. The summed E-state index contributed by atoms with van der Waals surface area (Å²) in [5.41, 5.74) is -0.742. The van der Waals surface area contributed by atoms with Crippen LogP contribution >= 0.6 is 15.9 Å². The molecule has 0 aliphatic heterocycles. The molecule has 0 unspecified atom stereocenters. The highest BCUT2D eigenvalue weighted by atomic mass is 79.9. The number of aliphatic hydroxyl groups is 1. The molecule has 0 amide bonds. The van der Waals surface area contributed by atoms with E-state index in [9.17, 15) is 5.11 Å². The van der Waals surface area contributed by atoms with Crippen LogP contribution in [0.15, 0.2) is 16.9 Å². The van der Waals surface area contributed by atoms with E-state index in [1.165, 1.54) is 0 Å². The summed E-state index contributed by atoms with van der Waals surface area (Å²) in [4.78, 5) is 8.09. The van der Waals surface area contributed by atoms with Gasteiger partial charge in [-0.15, -0.1) is 0 Å². The SMILES string of the molecule is CC(C)(O)Cc1ncc(Br)cn1. The van der Waals surface area contributed by atoms with Gasteiger partial charge in [-0.1, -0.05) is 0 Å². The van der Waals surface area contributed by atoms with Crippen molar-refractivity contribution in [2.45, 2.75) is 25.9 Å². The third kappa shape index (κ3) is 3.28. The molecule has 3 nitrogen and oxygen atoms in total. The number of rotatable bonds is 2. The molecule has 66 valence electrons. The second-order valence-electron chi connectivity index (χ2n) is 3.31. The third-order valence-corrected chi connectivity index (χ3v) is 1.67. The fraction of sp³-hybridized carbons (Fsp3) is 0.500. The van der Waals surface area contributed by atoms with Crippen molar-refractivity contribution in [2.75, 3.05) is 0 Å². The molecule has 1 N–H and O–H groups in total. The Morgan fingerprint density at radius 1 is 1.42 bits per heavy atom. The quantitative estimate of drug-likeness (QED) is 0.839. The molecule has 1 rings (SSSR count). The van der Waals surface area contributed by atoms with Gasteiger partial charge in [-0.25, -0.2) is 9.97 Å². The maximum atomic E-state index is 9.45. The van der Waals surface area contributed by atoms with Gasteiger partial charge in [-0.05, 0) is 29.8 Å². The predicted molar refractivity (Wildman–Crippen MR) is 49.7 cm³/mol. The molecule has 0 atom stereocenters. The molecule has 0 fully saturated rings. The summed E-state index contributed by atoms with van der Waals surface area (Å²) >= 11 is 3.24. The van der Waals surface area contributed by atoms with Gasteiger partial charge in [0, 0.05) is 18.8 Å². The van der Waals surface area contributed by atoms with Crippen molar-refractivity contribution >= 4 is 15.9 Å². The second-order valence-corrected chi connectivity index (χ2v) is 4.22. The number of aromatic nitrogens is 2. The van der Waals surface area contributed by atoms with E-state index in [2.05, 4.69) is 25.9 Å². The normalized spacial score (nSPS) is 11.7. The highest BCUT2D eigenvalue weighted by molar-refractivity contribution is 9.10. The zero-order chi connectivity index (χ0) is 9.19. The molecular formula is C8H11BrN2O. The standard InChI is InChI=1S/C8H11BrN2O/c1-8(2,12)3-7-10-4-6(9)5-11-7/h4-5,12H,3H2,1-2H3. The lowest BCUT2D eigenvalue weighted by atomic mass is 10.1. The van der Waals surface area contributed by atoms with Crippen LogP contribution in [-0.2, 0) is 6.42 Å². The van der Waals surface area contributed by atoms with E-state index >= 15 is 0 Å². The summed E-state index contributed by atoms with van der Waals surface area (Å²) in [7, 11) is 0. The van der Waals surface area contributed by atoms with Gasteiger partial charge in [0.25, 0.3) is 0 Å². The van der Waals surface area contributed by atoms with Crippen molar-refractivity contribution in [2.24, 2.45) is 0 Å². The van der Waals surface area contributed by atoms with Crippen LogP contribution in [0.3, 0.4) is 0 Å². The summed E-state index contributed by atoms with van der Waals surface area (Å²) in [6.07, 6.45) is 3.82. The van der Waals surface area contributed by atoms with Gasteiger partial charge in [0.15, 0.2) is 0 Å². The molecule has 0 bridgehead atoms. The van der Waals surface area contributed by atoms with Crippen LogP contribution in [0.25, 0.3) is 0 Å². The van der Waals surface area contributed by atoms with Crippen molar-refractivity contribution in [3.8, 4) is 0 Å². The first-order chi connectivity index (χ1) is 5.47. The largest absolute Gasteiger partial charge is 0.390 e. The maximum absolute atomic E-state index is 9.45. The molecular weight excluding hydrogens is 220 g/mol. The molecule has 0 spiro atoms. The highest BCUT2D eigenvalue weighted by Gasteiger charge is 2.14. The first-order valence-electron chi connectivity index (χ1n) is 3.66. The first kappa shape index (κ1) is 9.61. The van der Waals surface area contributed by atoms with Crippen molar-refractivity contribution in [1.82, 2.24) is 9.97 Å². The van der Waals surface area contributed by atoms with Gasteiger partial charge in [-0.2, -0.15) is 0 Å².